The van der Waals surface area contributed by atoms with Gasteiger partial charge >= 0.3 is 0 Å². The van der Waals surface area contributed by atoms with E-state index in [0.717, 1.165) is 32.6 Å². The van der Waals surface area contributed by atoms with Gasteiger partial charge in [0.2, 0.25) is 0 Å². The molecule has 3 heteroatoms. The van der Waals surface area contributed by atoms with Crippen molar-refractivity contribution in [3.8, 4) is 0 Å². The Labute approximate surface area is 127 Å². The molecular weight excluding hydrogens is 260 g/mol. The Balaban J connectivity index is 1.73. The van der Waals surface area contributed by atoms with Crippen LogP contribution in [0.25, 0.3) is 0 Å². The molecule has 0 amide bonds. The molecule has 0 aromatic heterocycles. The summed E-state index contributed by atoms with van der Waals surface area (Å²) in [6, 6.07) is 10.4. The highest BCUT2D eigenvalue weighted by Gasteiger charge is 2.35. The Bertz CT molecular complexity index is 489. The van der Waals surface area contributed by atoms with Gasteiger partial charge in [0.1, 0.15) is 0 Å². The fourth-order valence-electron chi connectivity index (χ4n) is 2.94. The van der Waals surface area contributed by atoms with Gasteiger partial charge in [0.05, 0.1) is 6.61 Å². The second kappa shape index (κ2) is 6.56. The van der Waals surface area contributed by atoms with Gasteiger partial charge in [-0.3, -0.25) is 4.90 Å². The van der Waals surface area contributed by atoms with Crippen LogP contribution in [0.1, 0.15) is 12.0 Å². The zero-order valence-electron chi connectivity index (χ0n) is 12.7. The van der Waals surface area contributed by atoms with Crippen molar-refractivity contribution in [2.45, 2.75) is 18.8 Å². The van der Waals surface area contributed by atoms with Crippen LogP contribution < -0.4 is 0 Å². The maximum Gasteiger partial charge on any atom is 0.160 e. The van der Waals surface area contributed by atoms with Crippen LogP contribution in [0.2, 0.25) is 0 Å². The van der Waals surface area contributed by atoms with Crippen molar-refractivity contribution in [3.05, 3.63) is 60.2 Å². The molecule has 1 fully saturated rings. The van der Waals surface area contributed by atoms with Crippen LogP contribution in [0, 0.1) is 0 Å². The van der Waals surface area contributed by atoms with E-state index in [9.17, 15) is 0 Å². The van der Waals surface area contributed by atoms with Crippen LogP contribution in [0.5, 0.6) is 0 Å². The summed E-state index contributed by atoms with van der Waals surface area (Å²) >= 11 is 0. The van der Waals surface area contributed by atoms with Crippen molar-refractivity contribution >= 4 is 0 Å². The molecule has 3 nitrogen and oxygen atoms in total. The van der Waals surface area contributed by atoms with Gasteiger partial charge in [0.15, 0.2) is 5.72 Å². The van der Waals surface area contributed by atoms with E-state index in [0.29, 0.717) is 6.61 Å². The van der Waals surface area contributed by atoms with E-state index in [1.165, 1.54) is 5.56 Å². The Morgan fingerprint density at radius 1 is 1.00 bits per heavy atom. The third kappa shape index (κ3) is 3.43. The number of piperazine rings is 1. The number of nitrogens with zero attached hydrogens (tertiary/aromatic N) is 2. The highest BCUT2D eigenvalue weighted by Crippen LogP contribution is 2.27. The number of allylic oxidation sites excluding steroid dienone is 2. The number of ether oxygens (including phenoxy) is 1. The number of hydrogen-bond acceptors (Lipinski definition) is 3. The van der Waals surface area contributed by atoms with Crippen molar-refractivity contribution < 1.29 is 4.74 Å². The van der Waals surface area contributed by atoms with Crippen molar-refractivity contribution in [2.75, 3.05) is 33.2 Å². The lowest BCUT2D eigenvalue weighted by atomic mass is 10.0. The summed E-state index contributed by atoms with van der Waals surface area (Å²) in [6.07, 6.45) is 9.87. The van der Waals surface area contributed by atoms with E-state index < -0.39 is 0 Å². The largest absolute Gasteiger partial charge is 0.348 e. The molecule has 1 saturated heterocycles. The second-order valence-corrected chi connectivity index (χ2v) is 5.86. The monoisotopic (exact) mass is 284 g/mol. The first-order valence-corrected chi connectivity index (χ1v) is 7.75. The summed E-state index contributed by atoms with van der Waals surface area (Å²) in [4.78, 5) is 4.82. The fourth-order valence-corrected chi connectivity index (χ4v) is 2.94. The molecule has 1 aromatic rings. The van der Waals surface area contributed by atoms with Gasteiger partial charge in [0.25, 0.3) is 0 Å². The molecule has 0 atom stereocenters. The maximum absolute atomic E-state index is 6.37. The molecular formula is C18H24N2O. The van der Waals surface area contributed by atoms with Crippen LogP contribution in [0.4, 0.5) is 0 Å². The summed E-state index contributed by atoms with van der Waals surface area (Å²) in [5, 5.41) is 0. The molecule has 1 aliphatic carbocycles. The smallest absolute Gasteiger partial charge is 0.160 e. The average Bonchev–Trinajstić information content (AvgIpc) is 2.55. The fraction of sp³-hybridized carbons (Fsp3) is 0.444. The predicted octanol–water partition coefficient (Wildman–Crippen LogP) is 2.66. The third-order valence-electron chi connectivity index (χ3n) is 4.30. The van der Waals surface area contributed by atoms with E-state index in [1.54, 1.807) is 0 Å². The van der Waals surface area contributed by atoms with Crippen molar-refractivity contribution in [1.82, 2.24) is 9.80 Å². The molecule has 3 rings (SSSR count). The van der Waals surface area contributed by atoms with Crippen LogP contribution in [-0.4, -0.2) is 48.8 Å². The number of benzene rings is 1. The Morgan fingerprint density at radius 2 is 1.67 bits per heavy atom. The average molecular weight is 284 g/mol. The molecule has 21 heavy (non-hydrogen) atoms. The Kier molecular flexibility index (Phi) is 4.54. The van der Waals surface area contributed by atoms with Crippen molar-refractivity contribution in [1.29, 1.82) is 0 Å². The molecule has 0 saturated carbocycles. The summed E-state index contributed by atoms with van der Waals surface area (Å²) in [5.74, 6) is 0. The van der Waals surface area contributed by atoms with Crippen molar-refractivity contribution in [3.63, 3.8) is 0 Å². The molecule has 1 heterocycles. The minimum atomic E-state index is -0.366. The minimum Gasteiger partial charge on any atom is -0.348 e. The lowest BCUT2D eigenvalue weighted by Gasteiger charge is -2.44. The molecule has 2 aliphatic rings. The standard InChI is InChI=1S/C18H24N2O/c1-19-12-14-20(15-13-19)18(10-6-3-7-11-18)21-16-17-8-4-2-5-9-17/h2,4-11H,3,12-16H2,1H3. The first kappa shape index (κ1) is 14.5. The van der Waals surface area contributed by atoms with E-state index in [2.05, 4.69) is 65.4 Å². The summed E-state index contributed by atoms with van der Waals surface area (Å²) in [6.45, 7) is 4.91. The summed E-state index contributed by atoms with van der Waals surface area (Å²) in [7, 11) is 2.18. The van der Waals surface area contributed by atoms with Gasteiger partial charge in [-0.05, 0) is 31.2 Å². The van der Waals surface area contributed by atoms with E-state index >= 15 is 0 Å². The number of hydrogen-bond donors (Lipinski definition) is 0. The first-order valence-electron chi connectivity index (χ1n) is 7.75. The Morgan fingerprint density at radius 3 is 2.33 bits per heavy atom. The van der Waals surface area contributed by atoms with Crippen molar-refractivity contribution in [2.24, 2.45) is 0 Å². The SMILES string of the molecule is CN1CCN(C2(OCc3ccccc3)C=CCC=C2)CC1. The van der Waals surface area contributed by atoms with Crippen LogP contribution in [0.15, 0.2) is 54.6 Å². The lowest BCUT2D eigenvalue weighted by molar-refractivity contribution is -0.110. The zero-order chi connectivity index (χ0) is 14.5. The Hall–Kier alpha value is -1.42. The molecule has 0 N–H and O–H groups in total. The first-order chi connectivity index (χ1) is 10.3. The molecule has 0 unspecified atom stereocenters. The second-order valence-electron chi connectivity index (χ2n) is 5.86. The van der Waals surface area contributed by atoms with E-state index in [4.69, 9.17) is 4.74 Å². The van der Waals surface area contributed by atoms with Gasteiger partial charge in [-0.15, -0.1) is 0 Å². The zero-order valence-corrected chi connectivity index (χ0v) is 12.7. The molecule has 0 spiro atoms. The summed E-state index contributed by atoms with van der Waals surface area (Å²) in [5.41, 5.74) is 0.855. The van der Waals surface area contributed by atoms with E-state index in [1.807, 2.05) is 6.07 Å². The van der Waals surface area contributed by atoms with Crippen LogP contribution >= 0.6 is 0 Å². The van der Waals surface area contributed by atoms with Crippen LogP contribution in [-0.2, 0) is 11.3 Å². The normalized spacial score (nSPS) is 22.5. The number of likely N-dealkylation sites (N-methyl/N-ethyl adjacent to an activating group) is 1. The maximum atomic E-state index is 6.37. The lowest BCUT2D eigenvalue weighted by Crippen LogP contribution is -2.56. The van der Waals surface area contributed by atoms with Gasteiger partial charge < -0.3 is 9.64 Å². The van der Waals surface area contributed by atoms with E-state index in [-0.39, 0.29) is 5.72 Å². The molecule has 1 aromatic carbocycles. The highest BCUT2D eigenvalue weighted by atomic mass is 16.5. The number of rotatable bonds is 4. The summed E-state index contributed by atoms with van der Waals surface area (Å²) < 4.78 is 6.37. The molecule has 112 valence electrons. The topological polar surface area (TPSA) is 15.7 Å². The highest BCUT2D eigenvalue weighted by molar-refractivity contribution is 5.21. The predicted molar refractivity (Wildman–Crippen MR) is 85.9 cm³/mol. The van der Waals surface area contributed by atoms with Gasteiger partial charge in [-0.1, -0.05) is 42.5 Å². The quantitative estimate of drug-likeness (QED) is 0.791. The molecule has 0 radical (unpaired) electrons. The van der Waals surface area contributed by atoms with Gasteiger partial charge in [-0.2, -0.15) is 0 Å². The van der Waals surface area contributed by atoms with Crippen LogP contribution in [0.3, 0.4) is 0 Å². The molecule has 1 aliphatic heterocycles. The minimum absolute atomic E-state index is 0.366. The van der Waals surface area contributed by atoms with Gasteiger partial charge in [-0.25, -0.2) is 0 Å². The molecule has 0 bridgehead atoms. The third-order valence-corrected chi connectivity index (χ3v) is 4.30. The van der Waals surface area contributed by atoms with Gasteiger partial charge in [0, 0.05) is 26.2 Å².